The minimum atomic E-state index is -3.18. The van der Waals surface area contributed by atoms with Crippen molar-refractivity contribution in [2.24, 2.45) is 0 Å². The molecular formula is C9H19FO3Si. The molecule has 3 nitrogen and oxygen atoms in total. The van der Waals surface area contributed by atoms with E-state index >= 15 is 0 Å². The molecule has 0 bridgehead atoms. The van der Waals surface area contributed by atoms with E-state index in [-0.39, 0.29) is 0 Å². The molecular weight excluding hydrogens is 203 g/mol. The fraction of sp³-hybridized carbons (Fsp3) is 0.778. The third-order valence-corrected chi connectivity index (χ3v) is 4.57. The molecule has 0 aliphatic heterocycles. The Hall–Kier alpha value is -0.233. The second-order valence-corrected chi connectivity index (χ2v) is 5.16. The normalized spacial score (nSPS) is 14.0. The number of hydrogen-bond acceptors (Lipinski definition) is 3. The van der Waals surface area contributed by atoms with Crippen LogP contribution >= 0.6 is 0 Å². The van der Waals surface area contributed by atoms with Gasteiger partial charge in [0.15, 0.2) is 5.79 Å². The number of alkyl halides is 1. The fourth-order valence-corrected chi connectivity index (χ4v) is 3.34. The Labute approximate surface area is 86.2 Å². The van der Waals surface area contributed by atoms with Gasteiger partial charge in [-0.15, -0.1) is 6.58 Å². The van der Waals surface area contributed by atoms with Gasteiger partial charge in [0, 0.05) is 19.8 Å². The largest absolute Gasteiger partial charge is 0.541 e. The van der Waals surface area contributed by atoms with Gasteiger partial charge in [0.1, 0.15) is 0 Å². The first-order chi connectivity index (χ1) is 6.66. The van der Waals surface area contributed by atoms with E-state index in [9.17, 15) is 4.39 Å². The maximum absolute atomic E-state index is 13.6. The lowest BCUT2D eigenvalue weighted by atomic mass is 10.7. The summed E-state index contributed by atoms with van der Waals surface area (Å²) in [7, 11) is -3.18. The lowest BCUT2D eigenvalue weighted by Gasteiger charge is -2.29. The topological polar surface area (TPSA) is 27.7 Å². The van der Waals surface area contributed by atoms with Crippen molar-refractivity contribution in [2.75, 3.05) is 19.8 Å². The van der Waals surface area contributed by atoms with E-state index in [1.807, 2.05) is 0 Å². The van der Waals surface area contributed by atoms with E-state index < -0.39 is 14.6 Å². The molecule has 84 valence electrons. The standard InChI is InChI=1S/C9H19FO3Si/c1-5-9(10)14(11-6-2,12-7-3)13-8-4/h5,9H,1,6-8H2,2-4H3. The molecule has 0 radical (unpaired) electrons. The summed E-state index contributed by atoms with van der Waals surface area (Å²) in [4.78, 5) is 0. The molecule has 0 aromatic carbocycles. The van der Waals surface area contributed by atoms with Gasteiger partial charge in [-0.3, -0.25) is 0 Å². The van der Waals surface area contributed by atoms with Gasteiger partial charge >= 0.3 is 8.80 Å². The first kappa shape index (κ1) is 13.8. The molecule has 1 unspecified atom stereocenters. The maximum Gasteiger partial charge on any atom is 0.541 e. The van der Waals surface area contributed by atoms with Crippen molar-refractivity contribution >= 4 is 8.80 Å². The van der Waals surface area contributed by atoms with Crippen LogP contribution in [0.1, 0.15) is 20.8 Å². The van der Waals surface area contributed by atoms with E-state index in [1.54, 1.807) is 20.8 Å². The highest BCUT2D eigenvalue weighted by Crippen LogP contribution is 2.18. The van der Waals surface area contributed by atoms with Crippen LogP contribution in [0.4, 0.5) is 4.39 Å². The van der Waals surface area contributed by atoms with Gasteiger partial charge in [-0.25, -0.2) is 4.39 Å². The van der Waals surface area contributed by atoms with Crippen molar-refractivity contribution in [1.82, 2.24) is 0 Å². The average molecular weight is 222 g/mol. The predicted molar refractivity (Wildman–Crippen MR) is 55.7 cm³/mol. The second-order valence-electron chi connectivity index (χ2n) is 2.54. The summed E-state index contributed by atoms with van der Waals surface area (Å²) < 4.78 is 29.5. The Bertz CT molecular complexity index is 149. The maximum atomic E-state index is 13.6. The lowest BCUT2D eigenvalue weighted by molar-refractivity contribution is 0.0514. The van der Waals surface area contributed by atoms with Crippen molar-refractivity contribution in [1.29, 1.82) is 0 Å². The lowest BCUT2D eigenvalue weighted by Crippen LogP contribution is -2.54. The molecule has 0 aromatic rings. The van der Waals surface area contributed by atoms with Crippen LogP contribution in [0.25, 0.3) is 0 Å². The Balaban J connectivity index is 4.61. The predicted octanol–water partition coefficient (Wildman–Crippen LogP) is 2.10. The van der Waals surface area contributed by atoms with Crippen LogP contribution in [0.2, 0.25) is 0 Å². The van der Waals surface area contributed by atoms with Crippen LogP contribution in [0.3, 0.4) is 0 Å². The number of allylic oxidation sites excluding steroid dienone is 1. The smallest absolute Gasteiger partial charge is 0.372 e. The first-order valence-corrected chi connectivity index (χ1v) is 6.65. The van der Waals surface area contributed by atoms with Gasteiger partial charge in [0.05, 0.1) is 0 Å². The third-order valence-electron chi connectivity index (χ3n) is 1.58. The molecule has 0 N–H and O–H groups in total. The van der Waals surface area contributed by atoms with Gasteiger partial charge in [-0.2, -0.15) is 0 Å². The van der Waals surface area contributed by atoms with E-state index in [4.69, 9.17) is 13.3 Å². The van der Waals surface area contributed by atoms with Crippen LogP contribution in [-0.4, -0.2) is 34.4 Å². The number of halogens is 1. The van der Waals surface area contributed by atoms with Crippen molar-refractivity contribution in [2.45, 2.75) is 26.6 Å². The molecule has 0 saturated carbocycles. The quantitative estimate of drug-likeness (QED) is 0.465. The molecule has 0 aromatic heterocycles. The average Bonchev–Trinajstić information content (AvgIpc) is 2.17. The molecule has 0 aliphatic carbocycles. The zero-order valence-corrected chi connectivity index (χ0v) is 10.1. The van der Waals surface area contributed by atoms with Crippen molar-refractivity contribution in [3.63, 3.8) is 0 Å². The molecule has 0 fully saturated rings. The zero-order valence-electron chi connectivity index (χ0n) is 9.09. The summed E-state index contributed by atoms with van der Waals surface area (Å²) in [5.41, 5.74) is 0. The van der Waals surface area contributed by atoms with Gasteiger partial charge in [0.25, 0.3) is 0 Å². The molecule has 0 amide bonds. The second kappa shape index (κ2) is 7.11. The molecule has 0 rings (SSSR count). The molecule has 5 heteroatoms. The molecule has 14 heavy (non-hydrogen) atoms. The first-order valence-electron chi connectivity index (χ1n) is 4.85. The highest BCUT2D eigenvalue weighted by molar-refractivity contribution is 6.62. The summed E-state index contributed by atoms with van der Waals surface area (Å²) >= 11 is 0. The summed E-state index contributed by atoms with van der Waals surface area (Å²) in [5, 5.41) is 0. The minimum absolute atomic E-state index is 0.375. The van der Waals surface area contributed by atoms with E-state index in [2.05, 4.69) is 6.58 Å². The Morgan fingerprint density at radius 2 is 1.50 bits per heavy atom. The van der Waals surface area contributed by atoms with E-state index in [0.717, 1.165) is 0 Å². The van der Waals surface area contributed by atoms with E-state index in [0.29, 0.717) is 19.8 Å². The van der Waals surface area contributed by atoms with Crippen LogP contribution in [-0.2, 0) is 13.3 Å². The molecule has 0 aliphatic rings. The van der Waals surface area contributed by atoms with Crippen LogP contribution in [0.5, 0.6) is 0 Å². The van der Waals surface area contributed by atoms with Crippen molar-refractivity contribution in [3.05, 3.63) is 12.7 Å². The number of hydrogen-bond donors (Lipinski definition) is 0. The Morgan fingerprint density at radius 3 is 1.71 bits per heavy atom. The van der Waals surface area contributed by atoms with Crippen molar-refractivity contribution < 1.29 is 17.7 Å². The highest BCUT2D eigenvalue weighted by atomic mass is 28.4. The van der Waals surface area contributed by atoms with Crippen LogP contribution in [0, 0.1) is 0 Å². The minimum Gasteiger partial charge on any atom is -0.372 e. The Kier molecular flexibility index (Phi) is 6.99. The van der Waals surface area contributed by atoms with Crippen LogP contribution in [0.15, 0.2) is 12.7 Å². The van der Waals surface area contributed by atoms with Crippen LogP contribution < -0.4 is 0 Å². The monoisotopic (exact) mass is 222 g/mol. The van der Waals surface area contributed by atoms with Gasteiger partial charge < -0.3 is 13.3 Å². The van der Waals surface area contributed by atoms with Gasteiger partial charge in [0.2, 0.25) is 0 Å². The highest BCUT2D eigenvalue weighted by Gasteiger charge is 2.48. The van der Waals surface area contributed by atoms with Gasteiger partial charge in [-0.1, -0.05) is 6.08 Å². The third kappa shape index (κ3) is 3.49. The molecule has 0 heterocycles. The summed E-state index contributed by atoms with van der Waals surface area (Å²) in [6.07, 6.45) is 1.17. The summed E-state index contributed by atoms with van der Waals surface area (Å²) in [6, 6.07) is 0. The fourth-order valence-electron chi connectivity index (χ4n) is 1.11. The summed E-state index contributed by atoms with van der Waals surface area (Å²) in [5.74, 6) is -1.36. The summed E-state index contributed by atoms with van der Waals surface area (Å²) in [6.45, 7) is 9.88. The molecule has 0 saturated heterocycles. The van der Waals surface area contributed by atoms with E-state index in [1.165, 1.54) is 6.08 Å². The van der Waals surface area contributed by atoms with Gasteiger partial charge in [-0.05, 0) is 20.8 Å². The SMILES string of the molecule is C=CC(F)[Si](OCC)(OCC)OCC. The molecule has 1 atom stereocenters. The number of rotatable bonds is 8. The van der Waals surface area contributed by atoms with Crippen molar-refractivity contribution in [3.8, 4) is 0 Å². The Morgan fingerprint density at radius 1 is 1.14 bits per heavy atom. The molecule has 0 spiro atoms. The zero-order chi connectivity index (χ0) is 11.0.